The molecule has 2 aromatic rings. The first-order valence-electron chi connectivity index (χ1n) is 6.63. The van der Waals surface area contributed by atoms with Crippen molar-refractivity contribution in [1.82, 2.24) is 4.98 Å². The molecule has 1 N–H and O–H groups in total. The molecule has 0 saturated carbocycles. The number of amides is 1. The van der Waals surface area contributed by atoms with Crippen molar-refractivity contribution in [3.63, 3.8) is 0 Å². The Kier molecular flexibility index (Phi) is 5.49. The second-order valence-electron chi connectivity index (χ2n) is 4.35. The molecule has 1 amide bonds. The monoisotopic (exact) mass is 342 g/mol. The number of nitrogens with zero attached hydrogens (tertiary/aromatic N) is 1. The van der Waals surface area contributed by atoms with Gasteiger partial charge in [-0.15, -0.1) is 24.9 Å². The van der Waals surface area contributed by atoms with Crippen LogP contribution in [0.4, 0.5) is 18.9 Å². The zero-order valence-electron chi connectivity index (χ0n) is 12.1. The summed E-state index contributed by atoms with van der Waals surface area (Å²) in [6.07, 6.45) is -3.27. The summed E-state index contributed by atoms with van der Waals surface area (Å²) in [5.74, 6) is -0.0173. The van der Waals surface area contributed by atoms with E-state index >= 15 is 0 Å². The first-order chi connectivity index (χ1) is 10.9. The molecular formula is C15H13F3N2O2S. The molecule has 0 bridgehead atoms. The van der Waals surface area contributed by atoms with Gasteiger partial charge in [-0.05, 0) is 30.0 Å². The molecule has 1 heterocycles. The van der Waals surface area contributed by atoms with Gasteiger partial charge in [0.25, 0.3) is 5.91 Å². The Morgan fingerprint density at radius 2 is 2.09 bits per heavy atom. The van der Waals surface area contributed by atoms with Crippen molar-refractivity contribution >= 4 is 23.4 Å². The Balaban J connectivity index is 2.11. The third-order valence-electron chi connectivity index (χ3n) is 2.61. The fraction of sp³-hybridized carbons (Fsp3) is 0.200. The maximum Gasteiger partial charge on any atom is 0.573 e. The van der Waals surface area contributed by atoms with Crippen LogP contribution in [0, 0.1) is 0 Å². The number of alkyl halides is 3. The van der Waals surface area contributed by atoms with E-state index in [0.29, 0.717) is 10.6 Å². The number of halogens is 3. The van der Waals surface area contributed by atoms with E-state index in [0.717, 1.165) is 17.9 Å². The highest BCUT2D eigenvalue weighted by molar-refractivity contribution is 7.99. The molecule has 0 aliphatic rings. The largest absolute Gasteiger partial charge is 0.573 e. The van der Waals surface area contributed by atoms with Gasteiger partial charge < -0.3 is 10.1 Å². The molecule has 23 heavy (non-hydrogen) atoms. The van der Waals surface area contributed by atoms with Gasteiger partial charge >= 0.3 is 6.36 Å². The van der Waals surface area contributed by atoms with Crippen molar-refractivity contribution in [2.75, 3.05) is 11.1 Å². The summed E-state index contributed by atoms with van der Waals surface area (Å²) in [7, 11) is 0. The summed E-state index contributed by atoms with van der Waals surface area (Å²) >= 11 is 1.49. The summed E-state index contributed by atoms with van der Waals surface area (Å²) in [6.45, 7) is 1.96. The van der Waals surface area contributed by atoms with E-state index in [1.807, 2.05) is 6.92 Å². The summed E-state index contributed by atoms with van der Waals surface area (Å²) < 4.78 is 40.4. The lowest BCUT2D eigenvalue weighted by molar-refractivity contribution is -0.274. The predicted octanol–water partition coefficient (Wildman–Crippen LogP) is 4.34. The minimum atomic E-state index is -4.78. The second kappa shape index (κ2) is 7.36. The third-order valence-corrected chi connectivity index (χ3v) is 3.42. The van der Waals surface area contributed by atoms with Gasteiger partial charge in [0, 0.05) is 23.5 Å². The van der Waals surface area contributed by atoms with Crippen molar-refractivity contribution in [2.24, 2.45) is 0 Å². The SMILES string of the molecule is CCSc1cc(C(=O)Nc2cccc(OC(F)(F)F)c2)ccn1. The topological polar surface area (TPSA) is 51.2 Å². The average molecular weight is 342 g/mol. The normalized spacial score (nSPS) is 11.1. The maximum absolute atomic E-state index is 12.2. The van der Waals surface area contributed by atoms with Crippen molar-refractivity contribution in [3.05, 3.63) is 48.2 Å². The number of hydrogen-bond donors (Lipinski definition) is 1. The van der Waals surface area contributed by atoms with E-state index in [1.54, 1.807) is 6.07 Å². The molecule has 0 saturated heterocycles. The highest BCUT2D eigenvalue weighted by Crippen LogP contribution is 2.25. The molecule has 1 aromatic heterocycles. The number of anilines is 1. The van der Waals surface area contributed by atoms with Gasteiger partial charge in [-0.1, -0.05) is 13.0 Å². The van der Waals surface area contributed by atoms with Crippen LogP contribution in [0.25, 0.3) is 0 Å². The molecule has 8 heteroatoms. The van der Waals surface area contributed by atoms with Crippen LogP contribution in [0.5, 0.6) is 5.75 Å². The highest BCUT2D eigenvalue weighted by Gasteiger charge is 2.31. The van der Waals surface area contributed by atoms with Crippen LogP contribution in [-0.4, -0.2) is 23.0 Å². The fourth-order valence-corrected chi connectivity index (χ4v) is 2.39. The number of aromatic nitrogens is 1. The highest BCUT2D eigenvalue weighted by atomic mass is 32.2. The Hall–Kier alpha value is -2.22. The molecule has 0 radical (unpaired) electrons. The lowest BCUT2D eigenvalue weighted by Crippen LogP contribution is -2.17. The Labute approximate surface area is 135 Å². The first kappa shape index (κ1) is 17.1. The van der Waals surface area contributed by atoms with Crippen molar-refractivity contribution in [3.8, 4) is 5.75 Å². The van der Waals surface area contributed by atoms with E-state index in [1.165, 1.54) is 36.2 Å². The van der Waals surface area contributed by atoms with E-state index in [9.17, 15) is 18.0 Å². The fourth-order valence-electron chi connectivity index (χ4n) is 1.75. The van der Waals surface area contributed by atoms with Crippen LogP contribution in [-0.2, 0) is 0 Å². The zero-order valence-corrected chi connectivity index (χ0v) is 12.9. The number of carbonyl (C=O) groups is 1. The van der Waals surface area contributed by atoms with E-state index < -0.39 is 18.0 Å². The maximum atomic E-state index is 12.2. The van der Waals surface area contributed by atoms with Crippen molar-refractivity contribution < 1.29 is 22.7 Å². The molecule has 4 nitrogen and oxygen atoms in total. The van der Waals surface area contributed by atoms with Gasteiger partial charge in [-0.25, -0.2) is 4.98 Å². The molecule has 0 spiro atoms. The van der Waals surface area contributed by atoms with Crippen LogP contribution in [0.2, 0.25) is 0 Å². The molecule has 1 aromatic carbocycles. The molecule has 2 rings (SSSR count). The van der Waals surface area contributed by atoms with Gasteiger partial charge in [0.1, 0.15) is 5.75 Å². The van der Waals surface area contributed by atoms with E-state index in [-0.39, 0.29) is 5.69 Å². The van der Waals surface area contributed by atoms with Crippen LogP contribution in [0.1, 0.15) is 17.3 Å². The third kappa shape index (κ3) is 5.48. The minimum absolute atomic E-state index is 0.207. The van der Waals surface area contributed by atoms with E-state index in [4.69, 9.17) is 0 Å². The summed E-state index contributed by atoms with van der Waals surface area (Å²) in [4.78, 5) is 16.3. The first-order valence-corrected chi connectivity index (χ1v) is 7.62. The van der Waals surface area contributed by atoms with Crippen LogP contribution < -0.4 is 10.1 Å². The van der Waals surface area contributed by atoms with Gasteiger partial charge in [0.2, 0.25) is 0 Å². The molecular weight excluding hydrogens is 329 g/mol. The standard InChI is InChI=1S/C15H13F3N2O2S/c1-2-23-13-8-10(6-7-19-13)14(21)20-11-4-3-5-12(9-11)22-15(16,17)18/h3-9H,2H2,1H3,(H,20,21). The van der Waals surface area contributed by atoms with Gasteiger partial charge in [-0.2, -0.15) is 0 Å². The smallest absolute Gasteiger partial charge is 0.406 e. The minimum Gasteiger partial charge on any atom is -0.406 e. The Bertz CT molecular complexity index is 692. The molecule has 0 unspecified atom stereocenters. The summed E-state index contributed by atoms with van der Waals surface area (Å²) in [5.41, 5.74) is 0.580. The summed E-state index contributed by atoms with van der Waals surface area (Å²) in [6, 6.07) is 8.26. The number of nitrogens with one attached hydrogen (secondary N) is 1. The van der Waals surface area contributed by atoms with Crippen LogP contribution in [0.15, 0.2) is 47.6 Å². The lowest BCUT2D eigenvalue weighted by atomic mass is 10.2. The lowest BCUT2D eigenvalue weighted by Gasteiger charge is -2.11. The Morgan fingerprint density at radius 1 is 1.30 bits per heavy atom. The number of benzene rings is 1. The van der Waals surface area contributed by atoms with Crippen molar-refractivity contribution in [1.29, 1.82) is 0 Å². The van der Waals surface area contributed by atoms with Gasteiger partial charge in [0.15, 0.2) is 0 Å². The van der Waals surface area contributed by atoms with Gasteiger partial charge in [0.05, 0.1) is 5.03 Å². The van der Waals surface area contributed by atoms with Crippen LogP contribution in [0.3, 0.4) is 0 Å². The molecule has 0 aliphatic carbocycles. The molecule has 0 fully saturated rings. The second-order valence-corrected chi connectivity index (χ2v) is 5.63. The predicted molar refractivity (Wildman–Crippen MR) is 81.7 cm³/mol. The zero-order chi connectivity index (χ0) is 16.9. The molecule has 122 valence electrons. The van der Waals surface area contributed by atoms with Crippen molar-refractivity contribution in [2.45, 2.75) is 18.3 Å². The Morgan fingerprint density at radius 3 is 2.78 bits per heavy atom. The molecule has 0 atom stereocenters. The average Bonchev–Trinajstić information content (AvgIpc) is 2.46. The number of carbonyl (C=O) groups excluding carboxylic acids is 1. The number of pyridine rings is 1. The summed E-state index contributed by atoms with van der Waals surface area (Å²) in [5, 5.41) is 3.23. The molecule has 0 aliphatic heterocycles. The van der Waals surface area contributed by atoms with Crippen LogP contribution >= 0.6 is 11.8 Å². The number of rotatable bonds is 5. The quantitative estimate of drug-likeness (QED) is 0.821. The number of hydrogen-bond acceptors (Lipinski definition) is 4. The number of ether oxygens (including phenoxy) is 1. The van der Waals surface area contributed by atoms with Gasteiger partial charge in [-0.3, -0.25) is 4.79 Å². The number of thioether (sulfide) groups is 1. The van der Waals surface area contributed by atoms with E-state index in [2.05, 4.69) is 15.0 Å².